The summed E-state index contributed by atoms with van der Waals surface area (Å²) >= 11 is 0. The highest BCUT2D eigenvalue weighted by Gasteiger charge is 2.41. The highest BCUT2D eigenvalue weighted by atomic mass is 16.5. The smallest absolute Gasteiger partial charge is 0.0729 e. The Morgan fingerprint density at radius 3 is 2.76 bits per heavy atom. The van der Waals surface area contributed by atoms with E-state index in [1.807, 2.05) is 13.8 Å². The number of nitrogens with zero attached hydrogens (tertiary/aromatic N) is 2. The van der Waals surface area contributed by atoms with Crippen LogP contribution >= 0.6 is 0 Å². The van der Waals surface area contributed by atoms with Crippen LogP contribution < -0.4 is 5.73 Å². The van der Waals surface area contributed by atoms with E-state index in [4.69, 9.17) is 15.2 Å². The van der Waals surface area contributed by atoms with Crippen molar-refractivity contribution in [3.8, 4) is 0 Å². The van der Waals surface area contributed by atoms with Crippen LogP contribution in [0.3, 0.4) is 0 Å². The number of rotatable bonds is 2. The van der Waals surface area contributed by atoms with Gasteiger partial charge < -0.3 is 15.2 Å². The lowest BCUT2D eigenvalue weighted by Gasteiger charge is -2.44. The minimum atomic E-state index is -0.0117. The average Bonchev–Trinajstić information content (AvgIpc) is 2.50. The molecule has 0 saturated carbocycles. The molecule has 21 heavy (non-hydrogen) atoms. The van der Waals surface area contributed by atoms with Gasteiger partial charge in [-0.25, -0.2) is 0 Å². The molecule has 2 atom stereocenters. The zero-order valence-corrected chi connectivity index (χ0v) is 13.0. The molecule has 0 amide bonds. The topological polar surface area (TPSA) is 70.3 Å². The Labute approximate surface area is 126 Å². The fourth-order valence-electron chi connectivity index (χ4n) is 3.63. The van der Waals surface area contributed by atoms with Crippen molar-refractivity contribution in [1.82, 2.24) is 10.2 Å². The fraction of sp³-hybridized carbons (Fsp3) is 0.750. The largest absolute Gasteiger partial charge is 0.381 e. The van der Waals surface area contributed by atoms with Crippen LogP contribution in [0.5, 0.6) is 0 Å². The van der Waals surface area contributed by atoms with E-state index in [1.54, 1.807) is 0 Å². The van der Waals surface area contributed by atoms with Gasteiger partial charge in [0.15, 0.2) is 0 Å². The SMILES string of the molecule is Cc1cc(C(N)C2CCOC3(CCOCC3)C2)c(C)nn1. The molecule has 2 fully saturated rings. The normalized spacial score (nSPS) is 26.7. The van der Waals surface area contributed by atoms with Gasteiger partial charge in [0.2, 0.25) is 0 Å². The van der Waals surface area contributed by atoms with Gasteiger partial charge in [-0.05, 0) is 57.1 Å². The molecule has 3 rings (SSSR count). The second-order valence-corrected chi connectivity index (χ2v) is 6.45. The minimum Gasteiger partial charge on any atom is -0.381 e. The zero-order chi connectivity index (χ0) is 14.9. The van der Waals surface area contributed by atoms with Crippen LogP contribution in [0.1, 0.15) is 48.7 Å². The molecule has 5 nitrogen and oxygen atoms in total. The summed E-state index contributed by atoms with van der Waals surface area (Å²) < 4.78 is 11.6. The van der Waals surface area contributed by atoms with Gasteiger partial charge in [-0.2, -0.15) is 10.2 Å². The summed E-state index contributed by atoms with van der Waals surface area (Å²) in [6, 6.07) is 2.10. The molecule has 0 radical (unpaired) electrons. The lowest BCUT2D eigenvalue weighted by Crippen LogP contribution is -2.46. The molecule has 0 aliphatic carbocycles. The van der Waals surface area contributed by atoms with Crippen molar-refractivity contribution >= 4 is 0 Å². The van der Waals surface area contributed by atoms with E-state index in [9.17, 15) is 0 Å². The van der Waals surface area contributed by atoms with E-state index in [0.29, 0.717) is 5.92 Å². The van der Waals surface area contributed by atoms with Gasteiger partial charge in [0.1, 0.15) is 0 Å². The molecular formula is C16H25N3O2. The lowest BCUT2D eigenvalue weighted by atomic mass is 9.76. The van der Waals surface area contributed by atoms with Crippen molar-refractivity contribution in [3.63, 3.8) is 0 Å². The third-order valence-electron chi connectivity index (χ3n) is 4.94. The third kappa shape index (κ3) is 3.10. The summed E-state index contributed by atoms with van der Waals surface area (Å²) in [6.45, 7) is 6.36. The van der Waals surface area contributed by atoms with Crippen LogP contribution in [0.15, 0.2) is 6.07 Å². The van der Waals surface area contributed by atoms with Gasteiger partial charge in [-0.3, -0.25) is 0 Å². The van der Waals surface area contributed by atoms with Crippen molar-refractivity contribution in [2.75, 3.05) is 19.8 Å². The average molecular weight is 291 g/mol. The van der Waals surface area contributed by atoms with Crippen molar-refractivity contribution in [2.45, 2.75) is 51.2 Å². The first-order valence-corrected chi connectivity index (χ1v) is 7.88. The van der Waals surface area contributed by atoms with E-state index >= 15 is 0 Å². The van der Waals surface area contributed by atoms with Gasteiger partial charge in [-0.15, -0.1) is 0 Å². The summed E-state index contributed by atoms with van der Waals surface area (Å²) in [5.74, 6) is 0.444. The number of aryl methyl sites for hydroxylation is 2. The molecule has 2 unspecified atom stereocenters. The minimum absolute atomic E-state index is 0.0117. The Morgan fingerprint density at radius 1 is 1.24 bits per heavy atom. The number of nitrogens with two attached hydrogens (primary N) is 1. The number of ether oxygens (including phenoxy) is 2. The molecule has 0 aromatic carbocycles. The highest BCUT2D eigenvalue weighted by molar-refractivity contribution is 5.24. The van der Waals surface area contributed by atoms with Crippen molar-refractivity contribution in [2.24, 2.45) is 11.7 Å². The summed E-state index contributed by atoms with van der Waals surface area (Å²) in [5.41, 5.74) is 9.57. The second kappa shape index (κ2) is 5.99. The van der Waals surface area contributed by atoms with Gasteiger partial charge in [0.05, 0.1) is 17.0 Å². The molecule has 0 bridgehead atoms. The van der Waals surface area contributed by atoms with Crippen LogP contribution in [-0.2, 0) is 9.47 Å². The quantitative estimate of drug-likeness (QED) is 0.903. The van der Waals surface area contributed by atoms with Gasteiger partial charge in [-0.1, -0.05) is 0 Å². The molecule has 1 spiro atoms. The summed E-state index contributed by atoms with van der Waals surface area (Å²) in [6.07, 6.45) is 4.02. The Bertz CT molecular complexity index is 495. The van der Waals surface area contributed by atoms with Crippen LogP contribution in [-0.4, -0.2) is 35.6 Å². The van der Waals surface area contributed by atoms with E-state index in [-0.39, 0.29) is 11.6 Å². The predicted molar refractivity (Wildman–Crippen MR) is 79.9 cm³/mol. The first-order valence-electron chi connectivity index (χ1n) is 7.88. The van der Waals surface area contributed by atoms with Gasteiger partial charge >= 0.3 is 0 Å². The van der Waals surface area contributed by atoms with Crippen LogP contribution in [0.4, 0.5) is 0 Å². The van der Waals surface area contributed by atoms with Crippen LogP contribution in [0.25, 0.3) is 0 Å². The molecule has 2 N–H and O–H groups in total. The predicted octanol–water partition coefficient (Wildman–Crippen LogP) is 2.07. The maximum Gasteiger partial charge on any atom is 0.0729 e. The lowest BCUT2D eigenvalue weighted by molar-refractivity contribution is -0.149. The Hall–Kier alpha value is -1.04. The third-order valence-corrected chi connectivity index (χ3v) is 4.94. The van der Waals surface area contributed by atoms with Crippen molar-refractivity contribution in [1.29, 1.82) is 0 Å². The number of hydrogen-bond donors (Lipinski definition) is 1. The Kier molecular flexibility index (Phi) is 4.24. The Balaban J connectivity index is 1.77. The first-order chi connectivity index (χ1) is 10.1. The monoisotopic (exact) mass is 291 g/mol. The van der Waals surface area contributed by atoms with Crippen molar-refractivity contribution in [3.05, 3.63) is 23.0 Å². The molecule has 5 heteroatoms. The highest BCUT2D eigenvalue weighted by Crippen LogP contribution is 2.41. The van der Waals surface area contributed by atoms with Crippen LogP contribution in [0, 0.1) is 19.8 Å². The molecule has 1 aromatic rings. The number of hydrogen-bond acceptors (Lipinski definition) is 5. The molecule has 1 aromatic heterocycles. The van der Waals surface area contributed by atoms with E-state index in [0.717, 1.165) is 62.5 Å². The summed E-state index contributed by atoms with van der Waals surface area (Å²) in [7, 11) is 0. The molecule has 116 valence electrons. The fourth-order valence-corrected chi connectivity index (χ4v) is 3.63. The maximum atomic E-state index is 6.57. The molecule has 3 heterocycles. The molecule has 2 saturated heterocycles. The van der Waals surface area contributed by atoms with E-state index in [2.05, 4.69) is 16.3 Å². The summed E-state index contributed by atoms with van der Waals surface area (Å²) in [5, 5.41) is 8.32. The van der Waals surface area contributed by atoms with E-state index in [1.165, 1.54) is 0 Å². The molecular weight excluding hydrogens is 266 g/mol. The van der Waals surface area contributed by atoms with Gasteiger partial charge in [0, 0.05) is 25.9 Å². The zero-order valence-electron chi connectivity index (χ0n) is 13.0. The Morgan fingerprint density at radius 2 is 2.00 bits per heavy atom. The molecule has 2 aliphatic rings. The maximum absolute atomic E-state index is 6.57. The van der Waals surface area contributed by atoms with E-state index < -0.39 is 0 Å². The van der Waals surface area contributed by atoms with Crippen molar-refractivity contribution < 1.29 is 9.47 Å². The first kappa shape index (κ1) is 14.9. The molecule has 2 aliphatic heterocycles. The second-order valence-electron chi connectivity index (χ2n) is 6.45. The summed E-state index contributed by atoms with van der Waals surface area (Å²) in [4.78, 5) is 0. The standard InChI is InChI=1S/C16H25N3O2/c1-11-9-14(12(2)19-18-11)15(17)13-3-6-21-16(10-13)4-7-20-8-5-16/h9,13,15H,3-8,10,17H2,1-2H3. The number of aromatic nitrogens is 2. The van der Waals surface area contributed by atoms with Gasteiger partial charge in [0.25, 0.3) is 0 Å². The van der Waals surface area contributed by atoms with Crippen LogP contribution in [0.2, 0.25) is 0 Å².